The summed E-state index contributed by atoms with van der Waals surface area (Å²) < 4.78 is 10.7. The molecule has 0 aliphatic carbocycles. The minimum atomic E-state index is -0.0437. The largest absolute Gasteiger partial charge is 0.454 e. The van der Waals surface area contributed by atoms with Crippen LogP contribution in [0.3, 0.4) is 0 Å². The average Bonchev–Trinajstić information content (AvgIpc) is 3.37. The molecule has 2 aromatic rings. The minimum absolute atomic E-state index is 0.0437. The van der Waals surface area contributed by atoms with Crippen LogP contribution in [-0.2, 0) is 0 Å². The van der Waals surface area contributed by atoms with Gasteiger partial charge in [-0.05, 0) is 55.5 Å². The molecule has 7 rings (SSSR count). The van der Waals surface area contributed by atoms with Gasteiger partial charge in [0.25, 0.3) is 5.91 Å². The molecule has 4 atom stereocenters. The van der Waals surface area contributed by atoms with Gasteiger partial charge in [0, 0.05) is 69.8 Å². The molecule has 4 saturated heterocycles. The second-order valence-corrected chi connectivity index (χ2v) is 9.81. The summed E-state index contributed by atoms with van der Waals surface area (Å²) in [7, 11) is 0. The number of aromatic nitrogens is 2. The summed E-state index contributed by atoms with van der Waals surface area (Å²) >= 11 is 0. The molecule has 1 aromatic heterocycles. The van der Waals surface area contributed by atoms with Crippen molar-refractivity contribution in [2.75, 3.05) is 64.1 Å². The molecule has 1 N–H and O–H groups in total. The lowest BCUT2D eigenvalue weighted by Crippen LogP contribution is -2.59. The van der Waals surface area contributed by atoms with Gasteiger partial charge in [-0.2, -0.15) is 0 Å². The number of rotatable bonds is 6. The lowest BCUT2D eigenvalue weighted by Gasteiger charge is -2.51. The van der Waals surface area contributed by atoms with Gasteiger partial charge in [-0.1, -0.05) is 0 Å². The number of nitrogens with zero attached hydrogens (tertiary/aromatic N) is 5. The number of carbonyl (C=O) groups is 1. The molecule has 9 nitrogen and oxygen atoms in total. The number of hydrogen-bond donors (Lipinski definition) is 1. The summed E-state index contributed by atoms with van der Waals surface area (Å²) in [5.41, 5.74) is 0.623. The van der Waals surface area contributed by atoms with E-state index in [1.54, 1.807) is 18.2 Å². The first-order valence-electron chi connectivity index (χ1n) is 12.4. The van der Waals surface area contributed by atoms with Gasteiger partial charge in [-0.3, -0.25) is 14.6 Å². The van der Waals surface area contributed by atoms with Crippen LogP contribution in [0, 0.1) is 11.8 Å². The Labute approximate surface area is 200 Å². The summed E-state index contributed by atoms with van der Waals surface area (Å²) in [6.45, 7) is 8.47. The van der Waals surface area contributed by atoms with Crippen molar-refractivity contribution in [3.63, 3.8) is 0 Å². The lowest BCUT2D eigenvalue weighted by molar-refractivity contribution is -0.0120. The Kier molecular flexibility index (Phi) is 5.97. The number of piperazine rings is 1. The summed E-state index contributed by atoms with van der Waals surface area (Å²) in [5.74, 6) is 3.61. The van der Waals surface area contributed by atoms with Crippen molar-refractivity contribution in [1.29, 1.82) is 0 Å². The molecule has 1 aromatic carbocycles. The van der Waals surface area contributed by atoms with Crippen LogP contribution in [0.25, 0.3) is 0 Å². The first-order chi connectivity index (χ1) is 16.7. The van der Waals surface area contributed by atoms with Crippen molar-refractivity contribution in [2.24, 2.45) is 11.8 Å². The SMILES string of the molecule is O=C(NC[C@H]1C[C@@H]2CCN1C[C@@H]2CN1CCN(c2ncccn2)CC1)c1ccc2c(c1)OCO2. The van der Waals surface area contributed by atoms with E-state index >= 15 is 0 Å². The Morgan fingerprint density at radius 3 is 2.68 bits per heavy atom. The summed E-state index contributed by atoms with van der Waals surface area (Å²) in [6, 6.07) is 7.67. The highest BCUT2D eigenvalue weighted by Crippen LogP contribution is 2.37. The molecule has 0 spiro atoms. The Balaban J connectivity index is 0.979. The van der Waals surface area contributed by atoms with Crippen LogP contribution in [0.4, 0.5) is 5.95 Å². The number of piperidine rings is 3. The second-order valence-electron chi connectivity index (χ2n) is 9.81. The first kappa shape index (κ1) is 21.6. The van der Waals surface area contributed by atoms with Crippen LogP contribution in [0.15, 0.2) is 36.7 Å². The molecule has 1 amide bonds. The van der Waals surface area contributed by atoms with E-state index < -0.39 is 0 Å². The highest BCUT2D eigenvalue weighted by atomic mass is 16.7. The van der Waals surface area contributed by atoms with Gasteiger partial charge in [0.1, 0.15) is 0 Å². The van der Waals surface area contributed by atoms with Gasteiger partial charge in [0.05, 0.1) is 0 Å². The zero-order valence-corrected chi connectivity index (χ0v) is 19.4. The van der Waals surface area contributed by atoms with Crippen LogP contribution in [0.1, 0.15) is 23.2 Å². The van der Waals surface area contributed by atoms with E-state index in [2.05, 4.69) is 30.0 Å². The van der Waals surface area contributed by atoms with E-state index in [0.29, 0.717) is 35.6 Å². The fraction of sp³-hybridized carbons (Fsp3) is 0.560. The average molecular weight is 465 g/mol. The topological polar surface area (TPSA) is 83.1 Å². The molecule has 2 bridgehead atoms. The van der Waals surface area contributed by atoms with E-state index in [0.717, 1.165) is 51.1 Å². The molecule has 9 heteroatoms. The van der Waals surface area contributed by atoms with E-state index in [-0.39, 0.29) is 12.7 Å². The maximum absolute atomic E-state index is 12.7. The molecule has 5 aliphatic heterocycles. The fourth-order valence-electron chi connectivity index (χ4n) is 5.94. The van der Waals surface area contributed by atoms with E-state index in [9.17, 15) is 4.79 Å². The zero-order valence-electron chi connectivity index (χ0n) is 19.4. The van der Waals surface area contributed by atoms with Gasteiger partial charge >= 0.3 is 0 Å². The van der Waals surface area contributed by atoms with Crippen LogP contribution >= 0.6 is 0 Å². The van der Waals surface area contributed by atoms with Crippen LogP contribution in [-0.4, -0.2) is 90.9 Å². The Morgan fingerprint density at radius 1 is 1.06 bits per heavy atom. The molecule has 0 saturated carbocycles. The Hall–Kier alpha value is -2.91. The predicted octanol–water partition coefficient (Wildman–Crippen LogP) is 1.47. The number of ether oxygens (including phenoxy) is 2. The van der Waals surface area contributed by atoms with Gasteiger partial charge in [0.2, 0.25) is 12.7 Å². The number of fused-ring (bicyclic) bond motifs is 4. The van der Waals surface area contributed by atoms with Crippen molar-refractivity contribution in [2.45, 2.75) is 18.9 Å². The number of nitrogens with one attached hydrogen (secondary N) is 1. The smallest absolute Gasteiger partial charge is 0.251 e. The highest BCUT2D eigenvalue weighted by molar-refractivity contribution is 5.94. The molecule has 4 fully saturated rings. The number of carbonyl (C=O) groups excluding carboxylic acids is 1. The molecule has 34 heavy (non-hydrogen) atoms. The van der Waals surface area contributed by atoms with Gasteiger partial charge < -0.3 is 19.7 Å². The van der Waals surface area contributed by atoms with Gasteiger partial charge in [-0.15, -0.1) is 0 Å². The maximum atomic E-state index is 12.7. The third-order valence-electron chi connectivity index (χ3n) is 7.85. The summed E-state index contributed by atoms with van der Waals surface area (Å²) in [6.07, 6.45) is 6.07. The third-order valence-corrected chi connectivity index (χ3v) is 7.85. The third kappa shape index (κ3) is 4.42. The van der Waals surface area contributed by atoms with Gasteiger partial charge in [-0.25, -0.2) is 9.97 Å². The molecule has 0 radical (unpaired) electrons. The van der Waals surface area contributed by atoms with Crippen molar-refractivity contribution < 1.29 is 14.3 Å². The Bertz CT molecular complexity index is 1010. The summed E-state index contributed by atoms with van der Waals surface area (Å²) in [5, 5.41) is 3.16. The lowest BCUT2D eigenvalue weighted by atomic mass is 9.75. The van der Waals surface area contributed by atoms with E-state index in [1.165, 1.54) is 19.4 Å². The highest BCUT2D eigenvalue weighted by Gasteiger charge is 2.40. The normalized spacial score (nSPS) is 28.2. The van der Waals surface area contributed by atoms with Crippen molar-refractivity contribution in [3.05, 3.63) is 42.2 Å². The van der Waals surface area contributed by atoms with E-state index in [4.69, 9.17) is 9.47 Å². The first-order valence-corrected chi connectivity index (χ1v) is 12.4. The monoisotopic (exact) mass is 464 g/mol. The molecule has 1 unspecified atom stereocenters. The molecular weight excluding hydrogens is 432 g/mol. The summed E-state index contributed by atoms with van der Waals surface area (Å²) in [4.78, 5) is 29.0. The molecule has 180 valence electrons. The fourth-order valence-corrected chi connectivity index (χ4v) is 5.94. The number of hydrogen-bond acceptors (Lipinski definition) is 8. The molecular formula is C25H32N6O3. The quantitative estimate of drug-likeness (QED) is 0.688. The van der Waals surface area contributed by atoms with Crippen LogP contribution in [0.5, 0.6) is 11.5 Å². The Morgan fingerprint density at radius 2 is 1.88 bits per heavy atom. The zero-order chi connectivity index (χ0) is 22.9. The number of amides is 1. The van der Waals surface area contributed by atoms with Crippen molar-refractivity contribution in [3.8, 4) is 11.5 Å². The van der Waals surface area contributed by atoms with Crippen LogP contribution < -0.4 is 19.7 Å². The van der Waals surface area contributed by atoms with Crippen molar-refractivity contribution >= 4 is 11.9 Å². The standard InChI is InChI=1S/C25H32N6O3/c32-24(19-2-3-22-23(13-19)34-17-33-22)28-14-21-12-18-4-7-31(21)16-20(18)15-29-8-10-30(11-9-29)25-26-5-1-6-27-25/h1-3,5-6,13,18,20-21H,4,7-12,14-17H2,(H,28,32)/t18-,20-,21+/m0/s1. The number of benzene rings is 1. The molecule has 5 aliphatic rings. The number of anilines is 1. The van der Waals surface area contributed by atoms with Gasteiger partial charge in [0.15, 0.2) is 11.5 Å². The maximum Gasteiger partial charge on any atom is 0.251 e. The van der Waals surface area contributed by atoms with E-state index in [1.807, 2.05) is 18.5 Å². The minimum Gasteiger partial charge on any atom is -0.454 e. The van der Waals surface area contributed by atoms with Crippen LogP contribution in [0.2, 0.25) is 0 Å². The molecule has 6 heterocycles. The second kappa shape index (κ2) is 9.38. The van der Waals surface area contributed by atoms with Crippen molar-refractivity contribution in [1.82, 2.24) is 25.1 Å². The predicted molar refractivity (Wildman–Crippen MR) is 127 cm³/mol.